The van der Waals surface area contributed by atoms with E-state index in [1.54, 1.807) is 6.26 Å². The Morgan fingerprint density at radius 2 is 2.27 bits per heavy atom. The number of furan rings is 1. The van der Waals surface area contributed by atoms with Gasteiger partial charge in [-0.2, -0.15) is 0 Å². The van der Waals surface area contributed by atoms with Crippen molar-refractivity contribution in [3.05, 3.63) is 24.2 Å². The van der Waals surface area contributed by atoms with Crippen molar-refractivity contribution in [2.24, 2.45) is 4.99 Å². The van der Waals surface area contributed by atoms with Crippen LogP contribution in [0.25, 0.3) is 0 Å². The number of hydrogen-bond acceptors (Lipinski definition) is 3. The molecular formula is C17H27N3O2. The van der Waals surface area contributed by atoms with Crippen LogP contribution in [0.5, 0.6) is 0 Å². The zero-order valence-electron chi connectivity index (χ0n) is 13.4. The van der Waals surface area contributed by atoms with Crippen molar-refractivity contribution in [3.8, 4) is 0 Å². The van der Waals surface area contributed by atoms with Crippen molar-refractivity contribution in [1.82, 2.24) is 10.6 Å². The molecule has 2 fully saturated rings. The Morgan fingerprint density at radius 1 is 1.41 bits per heavy atom. The van der Waals surface area contributed by atoms with Crippen LogP contribution >= 0.6 is 0 Å². The average Bonchev–Trinajstić information content (AvgIpc) is 3.19. The van der Waals surface area contributed by atoms with Gasteiger partial charge in [0, 0.05) is 32.7 Å². The highest BCUT2D eigenvalue weighted by atomic mass is 16.5. The van der Waals surface area contributed by atoms with Gasteiger partial charge in [0.05, 0.1) is 11.9 Å². The third-order valence-corrected chi connectivity index (χ3v) is 4.82. The minimum Gasteiger partial charge on any atom is -0.469 e. The predicted molar refractivity (Wildman–Crippen MR) is 87.1 cm³/mol. The molecule has 0 radical (unpaired) electrons. The fourth-order valence-corrected chi connectivity index (χ4v) is 3.67. The van der Waals surface area contributed by atoms with Crippen molar-refractivity contribution in [1.29, 1.82) is 0 Å². The number of nitrogens with one attached hydrogen (secondary N) is 2. The van der Waals surface area contributed by atoms with Crippen LogP contribution in [-0.4, -0.2) is 37.8 Å². The zero-order valence-corrected chi connectivity index (χ0v) is 13.4. The van der Waals surface area contributed by atoms with Gasteiger partial charge in [0.2, 0.25) is 0 Å². The quantitative estimate of drug-likeness (QED) is 0.663. The SMILES string of the molecule is CN=C(NCCc1ccco1)NC1CCOC2(CCCC2)C1. The van der Waals surface area contributed by atoms with Crippen LogP contribution in [0.4, 0.5) is 0 Å². The van der Waals surface area contributed by atoms with E-state index in [2.05, 4.69) is 15.6 Å². The smallest absolute Gasteiger partial charge is 0.191 e. The standard InChI is InChI=1S/C17H27N3O2/c1-18-16(19-10-6-15-5-4-11-21-15)20-14-7-12-22-17(13-14)8-2-3-9-17/h4-5,11,14H,2-3,6-10,12-13H2,1H3,(H2,18,19,20). The molecule has 1 spiro atoms. The van der Waals surface area contributed by atoms with E-state index in [0.717, 1.165) is 44.1 Å². The maximum atomic E-state index is 6.09. The molecule has 0 bridgehead atoms. The maximum absolute atomic E-state index is 6.09. The van der Waals surface area contributed by atoms with Gasteiger partial charge in [-0.05, 0) is 37.8 Å². The summed E-state index contributed by atoms with van der Waals surface area (Å²) in [5, 5.41) is 6.94. The van der Waals surface area contributed by atoms with E-state index in [1.807, 2.05) is 19.2 Å². The molecule has 2 heterocycles. The maximum Gasteiger partial charge on any atom is 0.191 e. The van der Waals surface area contributed by atoms with Crippen molar-refractivity contribution in [2.75, 3.05) is 20.2 Å². The summed E-state index contributed by atoms with van der Waals surface area (Å²) < 4.78 is 11.4. The zero-order chi connectivity index (χ0) is 15.3. The van der Waals surface area contributed by atoms with Gasteiger partial charge in [-0.25, -0.2) is 0 Å². The van der Waals surface area contributed by atoms with Crippen molar-refractivity contribution < 1.29 is 9.15 Å². The minimum atomic E-state index is 0.142. The molecule has 122 valence electrons. The van der Waals surface area contributed by atoms with Crippen molar-refractivity contribution >= 4 is 5.96 Å². The Balaban J connectivity index is 1.45. The van der Waals surface area contributed by atoms with Crippen molar-refractivity contribution in [2.45, 2.75) is 56.6 Å². The van der Waals surface area contributed by atoms with E-state index in [0.29, 0.717) is 6.04 Å². The molecule has 0 amide bonds. The van der Waals surface area contributed by atoms with Gasteiger partial charge in [0.15, 0.2) is 5.96 Å². The van der Waals surface area contributed by atoms with Gasteiger partial charge in [0.1, 0.15) is 5.76 Å². The van der Waals surface area contributed by atoms with E-state index in [1.165, 1.54) is 25.7 Å². The fraction of sp³-hybridized carbons (Fsp3) is 0.706. The number of guanidine groups is 1. The molecule has 1 atom stereocenters. The third kappa shape index (κ3) is 3.83. The minimum absolute atomic E-state index is 0.142. The van der Waals surface area contributed by atoms with Gasteiger partial charge in [0.25, 0.3) is 0 Å². The third-order valence-electron chi connectivity index (χ3n) is 4.82. The summed E-state index contributed by atoms with van der Waals surface area (Å²) in [6.45, 7) is 1.68. The van der Waals surface area contributed by atoms with Crippen molar-refractivity contribution in [3.63, 3.8) is 0 Å². The van der Waals surface area contributed by atoms with Crippen LogP contribution in [-0.2, 0) is 11.2 Å². The number of aliphatic imine (C=N–C) groups is 1. The summed E-state index contributed by atoms with van der Waals surface area (Å²) in [6, 6.07) is 4.38. The molecule has 0 aromatic carbocycles. The van der Waals surface area contributed by atoms with E-state index >= 15 is 0 Å². The Kier molecular flexibility index (Phi) is 5.03. The first-order chi connectivity index (χ1) is 10.8. The van der Waals surface area contributed by atoms with E-state index in [9.17, 15) is 0 Å². The van der Waals surface area contributed by atoms with E-state index in [4.69, 9.17) is 9.15 Å². The molecule has 1 unspecified atom stereocenters. The van der Waals surface area contributed by atoms with Gasteiger partial charge in [-0.15, -0.1) is 0 Å². The van der Waals surface area contributed by atoms with Crippen LogP contribution in [0.15, 0.2) is 27.8 Å². The molecule has 1 aromatic rings. The summed E-state index contributed by atoms with van der Waals surface area (Å²) in [6.07, 6.45) is 9.79. The van der Waals surface area contributed by atoms with Gasteiger partial charge in [-0.3, -0.25) is 4.99 Å². The lowest BCUT2D eigenvalue weighted by molar-refractivity contribution is -0.0815. The van der Waals surface area contributed by atoms with Crippen LogP contribution in [0.1, 0.15) is 44.3 Å². The second-order valence-electron chi connectivity index (χ2n) is 6.40. The highest BCUT2D eigenvalue weighted by molar-refractivity contribution is 5.79. The number of rotatable bonds is 4. The molecule has 1 aromatic heterocycles. The second-order valence-corrected chi connectivity index (χ2v) is 6.40. The summed E-state index contributed by atoms with van der Waals surface area (Å²) in [4.78, 5) is 4.34. The summed E-state index contributed by atoms with van der Waals surface area (Å²) in [5.41, 5.74) is 0.142. The van der Waals surface area contributed by atoms with E-state index < -0.39 is 0 Å². The lowest BCUT2D eigenvalue weighted by Gasteiger charge is -2.39. The molecule has 2 aliphatic rings. The summed E-state index contributed by atoms with van der Waals surface area (Å²) >= 11 is 0. The molecule has 5 heteroatoms. The topological polar surface area (TPSA) is 58.8 Å². The molecule has 1 saturated heterocycles. The first-order valence-corrected chi connectivity index (χ1v) is 8.43. The molecule has 5 nitrogen and oxygen atoms in total. The molecule has 22 heavy (non-hydrogen) atoms. The average molecular weight is 305 g/mol. The largest absolute Gasteiger partial charge is 0.469 e. The number of hydrogen-bond donors (Lipinski definition) is 2. The Morgan fingerprint density at radius 3 is 3.00 bits per heavy atom. The monoisotopic (exact) mass is 305 g/mol. The Labute approximate surface area is 132 Å². The summed E-state index contributed by atoms with van der Waals surface area (Å²) in [5.74, 6) is 1.88. The van der Waals surface area contributed by atoms with Gasteiger partial charge >= 0.3 is 0 Å². The van der Waals surface area contributed by atoms with Gasteiger partial charge < -0.3 is 19.8 Å². The second kappa shape index (κ2) is 7.18. The molecule has 1 aliphatic heterocycles. The lowest BCUT2D eigenvalue weighted by Crippen LogP contribution is -2.50. The van der Waals surface area contributed by atoms with Crippen LogP contribution in [0.3, 0.4) is 0 Å². The first-order valence-electron chi connectivity index (χ1n) is 8.43. The number of ether oxygens (including phenoxy) is 1. The highest BCUT2D eigenvalue weighted by Crippen LogP contribution is 2.39. The highest BCUT2D eigenvalue weighted by Gasteiger charge is 2.40. The number of nitrogens with zero attached hydrogens (tertiary/aromatic N) is 1. The van der Waals surface area contributed by atoms with E-state index in [-0.39, 0.29) is 5.60 Å². The van der Waals surface area contributed by atoms with Crippen LogP contribution in [0, 0.1) is 0 Å². The lowest BCUT2D eigenvalue weighted by atomic mass is 9.89. The first kappa shape index (κ1) is 15.4. The molecule has 3 rings (SSSR count). The molecule has 1 aliphatic carbocycles. The molecular weight excluding hydrogens is 278 g/mol. The normalized spacial score (nSPS) is 24.6. The Bertz CT molecular complexity index is 478. The van der Waals surface area contributed by atoms with Crippen LogP contribution < -0.4 is 10.6 Å². The van der Waals surface area contributed by atoms with Crippen LogP contribution in [0.2, 0.25) is 0 Å². The predicted octanol–water partition coefficient (Wildman–Crippen LogP) is 2.48. The Hall–Kier alpha value is -1.49. The molecule has 1 saturated carbocycles. The molecule has 2 N–H and O–H groups in total. The van der Waals surface area contributed by atoms with Gasteiger partial charge in [-0.1, -0.05) is 12.8 Å². The fourth-order valence-electron chi connectivity index (χ4n) is 3.67. The summed E-state index contributed by atoms with van der Waals surface area (Å²) in [7, 11) is 1.83.